The predicted molar refractivity (Wildman–Crippen MR) is 339 cm³/mol. The predicted octanol–water partition coefficient (Wildman–Crippen LogP) is 5.19. The van der Waals surface area contributed by atoms with Crippen LogP contribution < -0.4 is 43.0 Å². The van der Waals surface area contributed by atoms with Crippen LogP contribution in [0.3, 0.4) is 0 Å². The molecule has 21 nitrogen and oxygen atoms in total. The second kappa shape index (κ2) is 46.4. The Balaban J connectivity index is 0.000000385. The first-order chi connectivity index (χ1) is 42.2. The third-order valence-corrected chi connectivity index (χ3v) is 12.5. The number of piperazine rings is 2. The number of amides is 4. The molecular weight excluding hydrogens is 1150 g/mol. The number of Topliss-reactive ketones (excluding diaryl/α,β-unsaturated/α-hetero) is 1. The summed E-state index contributed by atoms with van der Waals surface area (Å²) in [7, 11) is 2.56. The third kappa shape index (κ3) is 33.8. The Kier molecular flexibility index (Phi) is 39.7. The summed E-state index contributed by atoms with van der Waals surface area (Å²) in [6.45, 7) is 8.92. The van der Waals surface area contributed by atoms with Gasteiger partial charge in [-0.1, -0.05) is 182 Å². The molecule has 2 heterocycles. The molecule has 0 radical (unpaired) electrons. The molecule has 474 valence electrons. The van der Waals surface area contributed by atoms with Gasteiger partial charge < -0.3 is 61.7 Å². The van der Waals surface area contributed by atoms with E-state index in [1.807, 2.05) is 141 Å². The monoisotopic (exact) mass is 1230 g/mol. The van der Waals surface area contributed by atoms with Crippen LogP contribution in [0.1, 0.15) is 52.0 Å². The Morgan fingerprint density at radius 3 is 1.53 bits per heavy atom. The largest absolute Gasteiger partial charge is 0.480 e. The zero-order valence-electron chi connectivity index (χ0n) is 50.4. The molecule has 2 saturated heterocycles. The van der Waals surface area contributed by atoms with Crippen LogP contribution in [0.15, 0.2) is 182 Å². The second-order valence-electron chi connectivity index (χ2n) is 19.1. The molecule has 8 rings (SSSR count). The molecule has 2 fully saturated rings. The van der Waals surface area contributed by atoms with E-state index in [4.69, 9.17) is 15.2 Å². The van der Waals surface area contributed by atoms with Gasteiger partial charge in [-0.25, -0.2) is 9.59 Å². The fourth-order valence-corrected chi connectivity index (χ4v) is 8.00. The highest BCUT2D eigenvalue weighted by molar-refractivity contribution is 5.98. The van der Waals surface area contributed by atoms with E-state index in [0.717, 1.165) is 61.5 Å². The van der Waals surface area contributed by atoms with Crippen molar-refractivity contribution in [3.63, 3.8) is 0 Å². The van der Waals surface area contributed by atoms with E-state index in [1.165, 1.54) is 19.8 Å². The van der Waals surface area contributed by atoms with Crippen LogP contribution >= 0.6 is 12.4 Å². The number of ketones is 1. The van der Waals surface area contributed by atoms with Gasteiger partial charge in [-0.15, -0.1) is 12.4 Å². The summed E-state index contributed by atoms with van der Waals surface area (Å²) < 4.78 is 18.5. The fourth-order valence-electron chi connectivity index (χ4n) is 8.00. The van der Waals surface area contributed by atoms with Gasteiger partial charge >= 0.3 is 24.0 Å². The number of esters is 2. The number of alkyl carbamates (subject to hydrolysis) is 1. The molecule has 0 bridgehead atoms. The highest BCUT2D eigenvalue weighted by atomic mass is 35.5. The summed E-state index contributed by atoms with van der Waals surface area (Å²) in [5.74, 6) is -2.72. The van der Waals surface area contributed by atoms with E-state index in [1.54, 1.807) is 24.3 Å². The number of nitrogens with two attached hydrogens (primary N) is 1. The van der Waals surface area contributed by atoms with E-state index in [2.05, 4.69) is 77.0 Å². The lowest BCUT2D eigenvalue weighted by Crippen LogP contribution is -2.56. The Bertz CT molecular complexity index is 2890. The molecular formula is C66H85ClN8O13. The maximum atomic E-state index is 12.4. The van der Waals surface area contributed by atoms with Crippen molar-refractivity contribution in [1.29, 1.82) is 0 Å². The van der Waals surface area contributed by atoms with Crippen LogP contribution in [-0.4, -0.2) is 150 Å². The Morgan fingerprint density at radius 2 is 1.09 bits per heavy atom. The first-order valence-corrected chi connectivity index (χ1v) is 28.6. The lowest BCUT2D eigenvalue weighted by atomic mass is 10.0. The van der Waals surface area contributed by atoms with Crippen molar-refractivity contribution in [2.45, 2.75) is 70.3 Å². The molecule has 4 unspecified atom stereocenters. The number of hydrogen-bond donors (Lipinski definition) is 9. The molecule has 6 aromatic carbocycles. The number of carbonyl (C=O) groups excluding carboxylic acids is 7. The van der Waals surface area contributed by atoms with Gasteiger partial charge in [0, 0.05) is 57.3 Å². The number of carbonyl (C=O) groups is 8. The average Bonchev–Trinajstić information content (AvgIpc) is 3.71. The SMILES string of the molecule is CCOCC.COC(=O)CN.COC(=O)CNC(=O)C(Cc1ccccc1)NCC(=O)c1ccccc1.Cl.O=C(NC(Cc1ccccc1)C(=O)O)OCc1ccccc1.O=C1CNC(=O)C(Cc2ccccc2)N1.c1ccc(CC2CNCCN2)cc1. The minimum absolute atomic E-state index is 0. The summed E-state index contributed by atoms with van der Waals surface area (Å²) in [6, 6.07) is 55.4. The van der Waals surface area contributed by atoms with Crippen molar-refractivity contribution in [3.8, 4) is 0 Å². The van der Waals surface area contributed by atoms with Gasteiger partial charge in [0.2, 0.25) is 17.7 Å². The van der Waals surface area contributed by atoms with Gasteiger partial charge in [0.25, 0.3) is 0 Å². The van der Waals surface area contributed by atoms with Crippen LogP contribution in [0.4, 0.5) is 4.79 Å². The highest BCUT2D eigenvalue weighted by Crippen LogP contribution is 2.09. The molecule has 2 aliphatic heterocycles. The fraction of sp³-hybridized carbons (Fsp3) is 0.333. The molecule has 0 spiro atoms. The molecule has 0 aromatic heterocycles. The van der Waals surface area contributed by atoms with Crippen molar-refractivity contribution in [2.24, 2.45) is 5.73 Å². The number of hydrogen-bond acceptors (Lipinski definition) is 16. The standard InChI is InChI=1S/C20H22N2O4.C17H17NO4.C11H12N2O2.C11H16N2.C4H10O.C3H7NO2.ClH/c1-26-19(24)14-22-20(25)17(12-15-8-4-2-5-9-15)21-13-18(23)16-10-6-3-7-11-16;19-16(20)15(11-13-7-3-1-4-8-13)18-17(21)22-12-14-9-5-2-6-10-14;14-10-7-12-11(15)9(13-10)6-8-4-2-1-3-5-8;1-2-4-10(5-3-1)8-11-9-12-6-7-13-11;1-3-5-4-2;1-6-3(5)2-4;/h2-11,17,21H,12-14H2,1H3,(H,22,25);1-10,15H,11-12H2,(H,18,21)(H,19,20);1-5,9H,6-7H2,(H,12,15)(H,13,14);1-5,11-13H,6-9H2;3-4H2,1-2H3;2,4H2,1H3;1H. The first-order valence-electron chi connectivity index (χ1n) is 28.6. The van der Waals surface area contributed by atoms with Crippen molar-refractivity contribution in [1.82, 2.24) is 37.2 Å². The first kappa shape index (κ1) is 75.3. The van der Waals surface area contributed by atoms with Crippen LogP contribution in [-0.2, 0) is 80.0 Å². The van der Waals surface area contributed by atoms with Crippen LogP contribution in [0.5, 0.6) is 0 Å². The Hall–Kier alpha value is -8.83. The maximum absolute atomic E-state index is 12.4. The lowest BCUT2D eigenvalue weighted by Gasteiger charge is -2.24. The van der Waals surface area contributed by atoms with Gasteiger partial charge in [0.05, 0.1) is 39.9 Å². The zero-order valence-corrected chi connectivity index (χ0v) is 51.2. The molecule has 6 aromatic rings. The quantitative estimate of drug-likeness (QED) is 0.0240. The number of benzene rings is 6. The van der Waals surface area contributed by atoms with E-state index in [-0.39, 0.29) is 81.1 Å². The molecule has 4 atom stereocenters. The number of carboxylic acids is 1. The molecule has 0 saturated carbocycles. The van der Waals surface area contributed by atoms with Crippen molar-refractivity contribution in [3.05, 3.63) is 215 Å². The van der Waals surface area contributed by atoms with Crippen LogP contribution in [0, 0.1) is 0 Å². The molecule has 0 aliphatic carbocycles. The van der Waals surface area contributed by atoms with Gasteiger partial charge in [0.15, 0.2) is 5.78 Å². The van der Waals surface area contributed by atoms with E-state index in [0.29, 0.717) is 24.4 Å². The Labute approximate surface area is 522 Å². The van der Waals surface area contributed by atoms with E-state index >= 15 is 0 Å². The van der Waals surface area contributed by atoms with Crippen LogP contribution in [0.2, 0.25) is 0 Å². The smallest absolute Gasteiger partial charge is 0.408 e. The Morgan fingerprint density at radius 1 is 0.614 bits per heavy atom. The summed E-state index contributed by atoms with van der Waals surface area (Å²) in [5, 5.41) is 29.2. The topological polar surface area (TPSA) is 304 Å². The minimum Gasteiger partial charge on any atom is -0.480 e. The molecule has 88 heavy (non-hydrogen) atoms. The van der Waals surface area contributed by atoms with Gasteiger partial charge in [-0.3, -0.25) is 34.1 Å². The average molecular weight is 1230 g/mol. The summed E-state index contributed by atoms with van der Waals surface area (Å²) in [5.41, 5.74) is 10.5. The van der Waals surface area contributed by atoms with Gasteiger partial charge in [-0.05, 0) is 54.5 Å². The second-order valence-corrected chi connectivity index (χ2v) is 19.1. The number of aliphatic carboxylic acids is 1. The van der Waals surface area contributed by atoms with Gasteiger partial charge in [-0.2, -0.15) is 0 Å². The summed E-state index contributed by atoms with van der Waals surface area (Å²) in [4.78, 5) is 91.2. The maximum Gasteiger partial charge on any atom is 0.408 e. The lowest BCUT2D eigenvalue weighted by molar-refractivity contribution is -0.141. The summed E-state index contributed by atoms with van der Waals surface area (Å²) in [6.07, 6.45) is 1.53. The number of rotatable bonds is 22. The number of ether oxygens (including phenoxy) is 4. The third-order valence-electron chi connectivity index (χ3n) is 12.5. The minimum atomic E-state index is -1.10. The van der Waals surface area contributed by atoms with Crippen LogP contribution in [0.25, 0.3) is 0 Å². The number of methoxy groups -OCH3 is 2. The van der Waals surface area contributed by atoms with Crippen molar-refractivity contribution in [2.75, 3.05) is 73.2 Å². The highest BCUT2D eigenvalue weighted by Gasteiger charge is 2.26. The van der Waals surface area contributed by atoms with Crippen molar-refractivity contribution < 1.29 is 62.4 Å². The van der Waals surface area contributed by atoms with Crippen molar-refractivity contribution >= 4 is 59.9 Å². The van der Waals surface area contributed by atoms with E-state index in [9.17, 15) is 43.5 Å². The normalized spacial score (nSPS) is 14.1. The number of nitrogens with one attached hydrogen (secondary N) is 7. The number of carboxylic acid groups (broad SMARTS) is 1. The molecule has 2 aliphatic rings. The molecule has 4 amide bonds. The zero-order chi connectivity index (χ0) is 63.3. The van der Waals surface area contributed by atoms with Gasteiger partial charge in [0.1, 0.15) is 25.2 Å². The summed E-state index contributed by atoms with van der Waals surface area (Å²) >= 11 is 0. The molecule has 10 N–H and O–H groups in total. The number of halogens is 1. The molecule has 22 heteroatoms. The van der Waals surface area contributed by atoms with E-state index < -0.39 is 36.2 Å².